The van der Waals surface area contributed by atoms with Gasteiger partial charge in [-0.15, -0.1) is 0 Å². The fraction of sp³-hybridized carbons (Fsp3) is 0.217. The number of aromatic nitrogens is 4. The Morgan fingerprint density at radius 1 is 1.06 bits per heavy atom. The van der Waals surface area contributed by atoms with Gasteiger partial charge in [-0.3, -0.25) is 0 Å². The van der Waals surface area contributed by atoms with Crippen LogP contribution >= 0.6 is 23.2 Å². The lowest BCUT2D eigenvalue weighted by Crippen LogP contribution is -2.25. The van der Waals surface area contributed by atoms with Crippen LogP contribution in [0, 0.1) is 0 Å². The molecule has 0 aliphatic heterocycles. The van der Waals surface area contributed by atoms with Gasteiger partial charge in [-0.05, 0) is 48.2 Å². The normalized spacial score (nSPS) is 11.1. The van der Waals surface area contributed by atoms with Gasteiger partial charge in [0.1, 0.15) is 5.82 Å². The van der Waals surface area contributed by atoms with Crippen LogP contribution in [-0.4, -0.2) is 19.5 Å². The number of halogens is 2. The van der Waals surface area contributed by atoms with Gasteiger partial charge in [0, 0.05) is 11.9 Å². The molecule has 4 aromatic rings. The van der Waals surface area contributed by atoms with Crippen LogP contribution in [0.5, 0.6) is 0 Å². The summed E-state index contributed by atoms with van der Waals surface area (Å²) in [7, 11) is 0. The molecule has 2 aromatic heterocycles. The third kappa shape index (κ3) is 4.13. The highest BCUT2D eigenvalue weighted by atomic mass is 35.5. The van der Waals surface area contributed by atoms with Crippen LogP contribution in [0.1, 0.15) is 31.4 Å². The predicted octanol–water partition coefficient (Wildman–Crippen LogP) is 5.32. The zero-order valence-corrected chi connectivity index (χ0v) is 19.2. The first-order valence-corrected chi connectivity index (χ1v) is 11.1. The number of nitrogens with zero attached hydrogens (tertiary/aromatic N) is 4. The quantitative estimate of drug-likeness (QED) is 0.397. The summed E-state index contributed by atoms with van der Waals surface area (Å²) in [6, 6.07) is 11.1. The van der Waals surface area contributed by atoms with Gasteiger partial charge in [0.2, 0.25) is 5.95 Å². The standard InChI is InChI=1S/C23H22Cl2N6O/c1-3-6-14-11-15(10-9-13(14)4-2)28-22-27-12-16-20(26)31(23(32)30-21(16)29-22)19-17(24)7-5-8-18(19)25/h5,7-12H,3-4,6,26H2,1-2H3,(H,28,29,30,32). The van der Waals surface area contributed by atoms with Gasteiger partial charge in [0.25, 0.3) is 0 Å². The molecule has 0 atom stereocenters. The molecule has 2 aromatic carbocycles. The molecule has 3 N–H and O–H groups in total. The van der Waals surface area contributed by atoms with Gasteiger partial charge in [-0.2, -0.15) is 9.97 Å². The molecule has 2 heterocycles. The average molecular weight is 469 g/mol. The van der Waals surface area contributed by atoms with Gasteiger partial charge in [0.15, 0.2) is 5.65 Å². The van der Waals surface area contributed by atoms with Crippen LogP contribution in [0.3, 0.4) is 0 Å². The van der Waals surface area contributed by atoms with E-state index >= 15 is 0 Å². The maximum absolute atomic E-state index is 12.8. The minimum absolute atomic E-state index is 0.110. The van der Waals surface area contributed by atoms with Crippen molar-refractivity contribution >= 4 is 51.7 Å². The van der Waals surface area contributed by atoms with E-state index in [0.29, 0.717) is 11.3 Å². The first kappa shape index (κ1) is 22.0. The second-order valence-corrected chi connectivity index (χ2v) is 8.14. The van der Waals surface area contributed by atoms with Crippen LogP contribution in [0.2, 0.25) is 10.0 Å². The molecule has 4 rings (SSSR count). The minimum atomic E-state index is -0.632. The van der Waals surface area contributed by atoms with E-state index in [9.17, 15) is 4.79 Å². The van der Waals surface area contributed by atoms with E-state index in [4.69, 9.17) is 28.9 Å². The van der Waals surface area contributed by atoms with E-state index in [1.54, 1.807) is 18.2 Å². The molecular weight excluding hydrogens is 447 g/mol. The van der Waals surface area contributed by atoms with E-state index in [2.05, 4.69) is 46.2 Å². The lowest BCUT2D eigenvalue weighted by molar-refractivity contribution is 0.899. The highest BCUT2D eigenvalue weighted by Gasteiger charge is 2.17. The summed E-state index contributed by atoms with van der Waals surface area (Å²) >= 11 is 12.5. The second kappa shape index (κ2) is 9.14. The minimum Gasteiger partial charge on any atom is -0.384 e. The van der Waals surface area contributed by atoms with Crippen molar-refractivity contribution in [1.82, 2.24) is 19.5 Å². The molecule has 0 unspecified atom stereocenters. The third-order valence-corrected chi connectivity index (χ3v) is 5.81. The van der Waals surface area contributed by atoms with Gasteiger partial charge < -0.3 is 11.1 Å². The number of rotatable bonds is 6. The lowest BCUT2D eigenvalue weighted by Gasteiger charge is -2.14. The fourth-order valence-corrected chi connectivity index (χ4v) is 4.23. The van der Waals surface area contributed by atoms with Crippen LogP contribution < -0.4 is 16.7 Å². The first-order chi connectivity index (χ1) is 15.4. The Labute approximate surface area is 195 Å². The third-order valence-electron chi connectivity index (χ3n) is 5.20. The molecule has 7 nitrogen and oxygen atoms in total. The Hall–Kier alpha value is -3.16. The zero-order valence-electron chi connectivity index (χ0n) is 17.7. The van der Waals surface area contributed by atoms with Crippen LogP contribution in [-0.2, 0) is 12.8 Å². The number of benzene rings is 2. The van der Waals surface area contributed by atoms with E-state index < -0.39 is 5.69 Å². The number of nitrogens with one attached hydrogen (secondary N) is 1. The molecule has 164 valence electrons. The first-order valence-electron chi connectivity index (χ1n) is 10.3. The summed E-state index contributed by atoms with van der Waals surface area (Å²) in [6.07, 6.45) is 4.57. The summed E-state index contributed by atoms with van der Waals surface area (Å²) in [5.41, 5.74) is 9.59. The Balaban J connectivity index is 1.75. The Morgan fingerprint density at radius 2 is 1.81 bits per heavy atom. The molecule has 0 saturated carbocycles. The molecule has 0 bridgehead atoms. The number of aryl methyl sites for hydroxylation is 2. The highest BCUT2D eigenvalue weighted by molar-refractivity contribution is 6.37. The number of nitrogens with two attached hydrogens (primary N) is 1. The molecule has 0 saturated heterocycles. The van der Waals surface area contributed by atoms with Crippen molar-refractivity contribution < 1.29 is 0 Å². The highest BCUT2D eigenvalue weighted by Crippen LogP contribution is 2.30. The Bertz CT molecular complexity index is 1350. The largest absolute Gasteiger partial charge is 0.384 e. The predicted molar refractivity (Wildman–Crippen MR) is 130 cm³/mol. The van der Waals surface area contributed by atoms with Crippen molar-refractivity contribution in [3.05, 3.63) is 74.3 Å². The number of fused-ring (bicyclic) bond motifs is 1. The summed E-state index contributed by atoms with van der Waals surface area (Å²) in [5, 5.41) is 4.18. The molecule has 32 heavy (non-hydrogen) atoms. The topological polar surface area (TPSA) is 98.7 Å². The van der Waals surface area contributed by atoms with Crippen molar-refractivity contribution in [1.29, 1.82) is 0 Å². The van der Waals surface area contributed by atoms with E-state index in [-0.39, 0.29) is 27.2 Å². The van der Waals surface area contributed by atoms with Crippen molar-refractivity contribution in [2.45, 2.75) is 33.1 Å². The smallest absolute Gasteiger partial charge is 0.355 e. The summed E-state index contributed by atoms with van der Waals surface area (Å²) < 4.78 is 1.17. The lowest BCUT2D eigenvalue weighted by atomic mass is 10.0. The van der Waals surface area contributed by atoms with Gasteiger partial charge in [-0.25, -0.2) is 14.3 Å². The number of anilines is 3. The molecule has 0 spiro atoms. The van der Waals surface area contributed by atoms with Crippen molar-refractivity contribution in [2.75, 3.05) is 11.1 Å². The average Bonchev–Trinajstić information content (AvgIpc) is 2.76. The molecular formula is C23H22Cl2N6O. The molecule has 0 radical (unpaired) electrons. The Morgan fingerprint density at radius 3 is 2.50 bits per heavy atom. The summed E-state index contributed by atoms with van der Waals surface area (Å²) in [5.74, 6) is 0.433. The van der Waals surface area contributed by atoms with Crippen LogP contribution in [0.25, 0.3) is 16.7 Å². The number of hydrogen-bond donors (Lipinski definition) is 2. The monoisotopic (exact) mass is 468 g/mol. The number of nitrogen functional groups attached to an aromatic ring is 1. The van der Waals surface area contributed by atoms with Crippen molar-refractivity contribution in [2.24, 2.45) is 0 Å². The van der Waals surface area contributed by atoms with Gasteiger partial charge in [0.05, 0.1) is 21.1 Å². The van der Waals surface area contributed by atoms with E-state index in [0.717, 1.165) is 24.9 Å². The fourth-order valence-electron chi connectivity index (χ4n) is 3.66. The SMILES string of the molecule is CCCc1cc(Nc2ncc3c(N)n(-c4c(Cl)cccc4Cl)c(=O)nc3n2)ccc1CC. The van der Waals surface area contributed by atoms with E-state index in [1.165, 1.54) is 21.9 Å². The van der Waals surface area contributed by atoms with Crippen LogP contribution in [0.15, 0.2) is 47.4 Å². The number of hydrogen-bond acceptors (Lipinski definition) is 6. The summed E-state index contributed by atoms with van der Waals surface area (Å²) in [4.78, 5) is 25.6. The van der Waals surface area contributed by atoms with Gasteiger partial charge in [-0.1, -0.05) is 55.6 Å². The number of para-hydroxylation sites is 1. The molecule has 0 aliphatic rings. The maximum Gasteiger partial charge on any atom is 0.355 e. The zero-order chi connectivity index (χ0) is 22.8. The molecule has 0 fully saturated rings. The van der Waals surface area contributed by atoms with Crippen molar-refractivity contribution in [3.8, 4) is 5.69 Å². The Kier molecular flexibility index (Phi) is 6.30. The second-order valence-electron chi connectivity index (χ2n) is 7.33. The van der Waals surface area contributed by atoms with Crippen LogP contribution in [0.4, 0.5) is 17.5 Å². The maximum atomic E-state index is 12.8. The van der Waals surface area contributed by atoms with Crippen molar-refractivity contribution in [3.63, 3.8) is 0 Å². The molecule has 0 aliphatic carbocycles. The van der Waals surface area contributed by atoms with E-state index in [1.807, 2.05) is 6.07 Å². The van der Waals surface area contributed by atoms with Gasteiger partial charge >= 0.3 is 5.69 Å². The summed E-state index contributed by atoms with van der Waals surface area (Å²) in [6.45, 7) is 4.30. The molecule has 0 amide bonds. The molecule has 9 heteroatoms.